The Morgan fingerprint density at radius 1 is 1.27 bits per heavy atom. The first-order valence-electron chi connectivity index (χ1n) is 5.66. The van der Waals surface area contributed by atoms with E-state index in [4.69, 9.17) is 9.47 Å². The largest absolute Gasteiger partial charge is 0.381 e. The second-order valence-electron chi connectivity index (χ2n) is 4.66. The Morgan fingerprint density at radius 3 is 2.33 bits per heavy atom. The quantitative estimate of drug-likeness (QED) is 0.676. The van der Waals surface area contributed by atoms with Gasteiger partial charge in [-0.3, -0.25) is 4.79 Å². The zero-order valence-corrected chi connectivity index (χ0v) is 9.44. The zero-order valence-electron chi connectivity index (χ0n) is 9.44. The summed E-state index contributed by atoms with van der Waals surface area (Å²) in [6.45, 7) is 7.00. The average molecular weight is 213 g/mol. The van der Waals surface area contributed by atoms with Crippen LogP contribution in [-0.4, -0.2) is 49.3 Å². The van der Waals surface area contributed by atoms with E-state index in [0.29, 0.717) is 12.3 Å². The fraction of sp³-hybridized carbons (Fsp3) is 0.909. The Hall–Kier alpha value is -0.610. The van der Waals surface area contributed by atoms with Crippen molar-refractivity contribution in [3.8, 4) is 0 Å². The summed E-state index contributed by atoms with van der Waals surface area (Å²) in [5.74, 6) is 0.705. The molecule has 1 amide bonds. The fourth-order valence-electron chi connectivity index (χ4n) is 2.16. The first kappa shape index (κ1) is 10.9. The molecule has 0 aromatic carbocycles. The molecule has 0 aromatic heterocycles. The van der Waals surface area contributed by atoms with Crippen LogP contribution < -0.4 is 0 Å². The number of carbonyl (C=O) groups excluding carboxylic acids is 1. The number of rotatable bonds is 2. The van der Waals surface area contributed by atoms with Crippen LogP contribution in [0.1, 0.15) is 20.3 Å². The third kappa shape index (κ3) is 2.69. The normalized spacial score (nSPS) is 32.5. The lowest BCUT2D eigenvalue weighted by atomic mass is 10.0. The second-order valence-corrected chi connectivity index (χ2v) is 4.66. The molecule has 2 aliphatic heterocycles. The van der Waals surface area contributed by atoms with Gasteiger partial charge in [-0.05, 0) is 13.8 Å². The van der Waals surface area contributed by atoms with E-state index in [1.165, 1.54) is 0 Å². The van der Waals surface area contributed by atoms with E-state index in [2.05, 4.69) is 0 Å². The first-order valence-corrected chi connectivity index (χ1v) is 5.66. The highest BCUT2D eigenvalue weighted by Gasteiger charge is 2.29. The van der Waals surface area contributed by atoms with Gasteiger partial charge in [-0.25, -0.2) is 0 Å². The van der Waals surface area contributed by atoms with Crippen LogP contribution in [0.2, 0.25) is 0 Å². The first-order chi connectivity index (χ1) is 7.15. The van der Waals surface area contributed by atoms with Gasteiger partial charge in [-0.15, -0.1) is 0 Å². The molecule has 0 bridgehead atoms. The standard InChI is InChI=1S/C11H19NO3/c1-8-4-12(5-9(2)15-8)11(13)3-10-6-14-7-10/h8-10H,3-7H2,1-2H3. The molecule has 0 radical (unpaired) electrons. The van der Waals surface area contributed by atoms with Gasteiger partial charge in [0.1, 0.15) is 0 Å². The molecular formula is C11H19NO3. The molecule has 0 saturated carbocycles. The maximum atomic E-state index is 11.9. The van der Waals surface area contributed by atoms with Gasteiger partial charge in [0.2, 0.25) is 5.91 Å². The molecule has 4 heteroatoms. The SMILES string of the molecule is CC1CN(C(=O)CC2COC2)CC(C)O1. The predicted molar refractivity (Wildman–Crippen MR) is 55.5 cm³/mol. The minimum atomic E-state index is 0.162. The lowest BCUT2D eigenvalue weighted by molar-refractivity contribution is -0.148. The highest BCUT2D eigenvalue weighted by Crippen LogP contribution is 2.18. The van der Waals surface area contributed by atoms with Crippen LogP contribution in [0.5, 0.6) is 0 Å². The molecule has 2 saturated heterocycles. The molecule has 2 unspecified atom stereocenters. The van der Waals surface area contributed by atoms with E-state index in [0.717, 1.165) is 26.3 Å². The summed E-state index contributed by atoms with van der Waals surface area (Å²) in [5.41, 5.74) is 0. The maximum absolute atomic E-state index is 11.9. The van der Waals surface area contributed by atoms with E-state index in [-0.39, 0.29) is 18.1 Å². The maximum Gasteiger partial charge on any atom is 0.223 e. The third-order valence-electron chi connectivity index (χ3n) is 2.94. The number of ether oxygens (including phenoxy) is 2. The lowest BCUT2D eigenvalue weighted by Crippen LogP contribution is -2.49. The van der Waals surface area contributed by atoms with Crippen molar-refractivity contribution >= 4 is 5.91 Å². The highest BCUT2D eigenvalue weighted by atomic mass is 16.5. The Kier molecular flexibility index (Phi) is 3.26. The minimum absolute atomic E-state index is 0.162. The Morgan fingerprint density at radius 2 is 1.87 bits per heavy atom. The molecule has 86 valence electrons. The van der Waals surface area contributed by atoms with Crippen molar-refractivity contribution in [2.45, 2.75) is 32.5 Å². The predicted octanol–water partition coefficient (Wildman–Crippen LogP) is 0.659. The van der Waals surface area contributed by atoms with Gasteiger partial charge in [-0.1, -0.05) is 0 Å². The van der Waals surface area contributed by atoms with E-state index >= 15 is 0 Å². The van der Waals surface area contributed by atoms with E-state index in [1.54, 1.807) is 0 Å². The summed E-state index contributed by atoms with van der Waals surface area (Å²) in [6, 6.07) is 0. The van der Waals surface area contributed by atoms with Gasteiger partial charge < -0.3 is 14.4 Å². The summed E-state index contributed by atoms with van der Waals surface area (Å²) in [4.78, 5) is 13.8. The van der Waals surface area contributed by atoms with E-state index in [9.17, 15) is 4.79 Å². The van der Waals surface area contributed by atoms with Crippen molar-refractivity contribution in [2.75, 3.05) is 26.3 Å². The number of carbonyl (C=O) groups is 1. The molecule has 0 aliphatic carbocycles. The fourth-order valence-corrected chi connectivity index (χ4v) is 2.16. The summed E-state index contributed by atoms with van der Waals surface area (Å²) >= 11 is 0. The highest BCUT2D eigenvalue weighted by molar-refractivity contribution is 5.76. The minimum Gasteiger partial charge on any atom is -0.381 e. The van der Waals surface area contributed by atoms with Gasteiger partial charge in [0, 0.05) is 25.4 Å². The third-order valence-corrected chi connectivity index (χ3v) is 2.94. The molecule has 4 nitrogen and oxygen atoms in total. The molecule has 2 aliphatic rings. The molecule has 0 aromatic rings. The van der Waals surface area contributed by atoms with Crippen molar-refractivity contribution in [3.63, 3.8) is 0 Å². The molecule has 2 heterocycles. The molecule has 2 atom stereocenters. The van der Waals surface area contributed by atoms with Crippen LogP contribution in [0.4, 0.5) is 0 Å². The monoisotopic (exact) mass is 213 g/mol. The number of hydrogen-bond acceptors (Lipinski definition) is 3. The number of hydrogen-bond donors (Lipinski definition) is 0. The summed E-state index contributed by atoms with van der Waals surface area (Å²) in [6.07, 6.45) is 0.963. The second kappa shape index (κ2) is 4.49. The Balaban J connectivity index is 1.82. The summed E-state index contributed by atoms with van der Waals surface area (Å²) in [7, 11) is 0. The van der Waals surface area contributed by atoms with Gasteiger partial charge >= 0.3 is 0 Å². The number of amides is 1. The van der Waals surface area contributed by atoms with Crippen LogP contribution in [0, 0.1) is 5.92 Å². The number of nitrogens with zero attached hydrogens (tertiary/aromatic N) is 1. The van der Waals surface area contributed by atoms with Gasteiger partial charge in [-0.2, -0.15) is 0 Å². The smallest absolute Gasteiger partial charge is 0.223 e. The van der Waals surface area contributed by atoms with Crippen LogP contribution in [0.3, 0.4) is 0 Å². The Bertz CT molecular complexity index is 230. The van der Waals surface area contributed by atoms with Gasteiger partial charge in [0.15, 0.2) is 0 Å². The van der Waals surface area contributed by atoms with E-state index in [1.807, 2.05) is 18.7 Å². The van der Waals surface area contributed by atoms with Crippen LogP contribution in [0.25, 0.3) is 0 Å². The zero-order chi connectivity index (χ0) is 10.8. The molecule has 15 heavy (non-hydrogen) atoms. The van der Waals surface area contributed by atoms with Crippen LogP contribution >= 0.6 is 0 Å². The van der Waals surface area contributed by atoms with Crippen LogP contribution in [0.15, 0.2) is 0 Å². The van der Waals surface area contributed by atoms with Crippen molar-refractivity contribution in [2.24, 2.45) is 5.92 Å². The summed E-state index contributed by atoms with van der Waals surface area (Å²) in [5, 5.41) is 0. The van der Waals surface area contributed by atoms with Gasteiger partial charge in [0.25, 0.3) is 0 Å². The molecule has 0 N–H and O–H groups in total. The van der Waals surface area contributed by atoms with E-state index < -0.39 is 0 Å². The molecule has 2 rings (SSSR count). The summed E-state index contributed by atoms with van der Waals surface area (Å²) < 4.78 is 10.7. The lowest BCUT2D eigenvalue weighted by Gasteiger charge is -2.36. The topological polar surface area (TPSA) is 38.8 Å². The number of morpholine rings is 1. The van der Waals surface area contributed by atoms with Crippen molar-refractivity contribution in [1.82, 2.24) is 4.90 Å². The van der Waals surface area contributed by atoms with Crippen LogP contribution in [-0.2, 0) is 14.3 Å². The molecule has 2 fully saturated rings. The van der Waals surface area contributed by atoms with Crippen molar-refractivity contribution in [1.29, 1.82) is 0 Å². The Labute approximate surface area is 90.5 Å². The van der Waals surface area contributed by atoms with Crippen molar-refractivity contribution < 1.29 is 14.3 Å². The van der Waals surface area contributed by atoms with Crippen molar-refractivity contribution in [3.05, 3.63) is 0 Å². The molecular weight excluding hydrogens is 194 g/mol. The average Bonchev–Trinajstić information content (AvgIpc) is 2.09. The molecule has 0 spiro atoms. The van der Waals surface area contributed by atoms with Gasteiger partial charge in [0.05, 0.1) is 25.4 Å².